The van der Waals surface area contributed by atoms with E-state index in [1.165, 1.54) is 0 Å². The smallest absolute Gasteiger partial charge is 0.310 e. The summed E-state index contributed by atoms with van der Waals surface area (Å²) in [6.45, 7) is 8.11. The fraction of sp³-hybridized carbons (Fsp3) is 0.867. The van der Waals surface area contributed by atoms with Crippen LogP contribution in [0.5, 0.6) is 0 Å². The molecule has 1 heterocycles. The van der Waals surface area contributed by atoms with E-state index in [4.69, 9.17) is 0 Å². The van der Waals surface area contributed by atoms with Crippen molar-refractivity contribution in [2.45, 2.75) is 52.5 Å². The molecule has 0 aliphatic carbocycles. The first kappa shape index (κ1) is 17.0. The molecule has 1 N–H and O–H groups in total. The van der Waals surface area contributed by atoms with Crippen LogP contribution in [0.3, 0.4) is 0 Å². The maximum absolute atomic E-state index is 12.4. The highest BCUT2D eigenvalue weighted by Crippen LogP contribution is 2.32. The van der Waals surface area contributed by atoms with Crippen molar-refractivity contribution >= 4 is 11.9 Å². The van der Waals surface area contributed by atoms with Crippen LogP contribution in [0.1, 0.15) is 46.5 Å². The van der Waals surface area contributed by atoms with E-state index in [0.29, 0.717) is 25.4 Å². The molecular formula is C15H28N2O3. The summed E-state index contributed by atoms with van der Waals surface area (Å²) < 4.78 is 0. The molecule has 5 nitrogen and oxygen atoms in total. The predicted octanol–water partition coefficient (Wildman–Crippen LogP) is 1.82. The van der Waals surface area contributed by atoms with Crippen LogP contribution in [-0.4, -0.2) is 59.5 Å². The van der Waals surface area contributed by atoms with Crippen LogP contribution in [-0.2, 0) is 9.59 Å². The largest absolute Gasteiger partial charge is 0.481 e. The fourth-order valence-corrected chi connectivity index (χ4v) is 2.89. The van der Waals surface area contributed by atoms with Crippen molar-refractivity contribution in [2.24, 2.45) is 5.41 Å². The van der Waals surface area contributed by atoms with Crippen molar-refractivity contribution in [3.63, 3.8) is 0 Å². The molecule has 0 aromatic rings. The van der Waals surface area contributed by atoms with Gasteiger partial charge < -0.3 is 10.0 Å². The molecule has 1 aliphatic rings. The monoisotopic (exact) mass is 284 g/mol. The second kappa shape index (κ2) is 7.07. The molecule has 0 aromatic carbocycles. The van der Waals surface area contributed by atoms with Gasteiger partial charge in [-0.05, 0) is 26.3 Å². The van der Waals surface area contributed by atoms with Crippen LogP contribution < -0.4 is 0 Å². The molecule has 1 unspecified atom stereocenters. The molecule has 1 atom stereocenters. The summed E-state index contributed by atoms with van der Waals surface area (Å²) >= 11 is 0. The number of amides is 1. The van der Waals surface area contributed by atoms with Gasteiger partial charge >= 0.3 is 5.97 Å². The van der Waals surface area contributed by atoms with Gasteiger partial charge in [0, 0.05) is 32.1 Å². The Morgan fingerprint density at radius 2 is 1.80 bits per heavy atom. The van der Waals surface area contributed by atoms with Crippen molar-refractivity contribution in [1.82, 2.24) is 9.80 Å². The number of carbonyl (C=O) groups excluding carboxylic acids is 1. The van der Waals surface area contributed by atoms with E-state index >= 15 is 0 Å². The number of nitrogens with zero attached hydrogens (tertiary/aromatic N) is 2. The summed E-state index contributed by atoms with van der Waals surface area (Å²) in [6, 6.07) is 0.384. The number of aliphatic carboxylic acids is 1. The Balaban J connectivity index is 2.73. The summed E-state index contributed by atoms with van der Waals surface area (Å²) in [4.78, 5) is 28.1. The zero-order valence-electron chi connectivity index (χ0n) is 13.2. The van der Waals surface area contributed by atoms with Gasteiger partial charge in [0.1, 0.15) is 0 Å². The van der Waals surface area contributed by atoms with Gasteiger partial charge in [0.05, 0.1) is 5.41 Å². The predicted molar refractivity (Wildman–Crippen MR) is 78.6 cm³/mol. The summed E-state index contributed by atoms with van der Waals surface area (Å²) in [5.41, 5.74) is -0.901. The molecule has 0 bridgehead atoms. The molecule has 0 spiro atoms. The van der Waals surface area contributed by atoms with Crippen molar-refractivity contribution in [1.29, 1.82) is 0 Å². The molecule has 1 fully saturated rings. The number of hydrogen-bond acceptors (Lipinski definition) is 3. The lowest BCUT2D eigenvalue weighted by molar-refractivity contribution is -0.155. The molecule has 5 heteroatoms. The van der Waals surface area contributed by atoms with E-state index in [-0.39, 0.29) is 12.3 Å². The first-order valence-corrected chi connectivity index (χ1v) is 7.61. The van der Waals surface area contributed by atoms with Gasteiger partial charge in [-0.25, -0.2) is 0 Å². The maximum atomic E-state index is 12.4. The molecule has 0 radical (unpaired) electrons. The third kappa shape index (κ3) is 3.51. The highest BCUT2D eigenvalue weighted by molar-refractivity contribution is 5.85. The van der Waals surface area contributed by atoms with E-state index in [2.05, 4.69) is 18.9 Å². The minimum atomic E-state index is -0.901. The average molecular weight is 284 g/mol. The van der Waals surface area contributed by atoms with Crippen LogP contribution in [0.4, 0.5) is 0 Å². The van der Waals surface area contributed by atoms with E-state index < -0.39 is 11.4 Å². The summed E-state index contributed by atoms with van der Waals surface area (Å²) in [6.07, 6.45) is 2.12. The maximum Gasteiger partial charge on any atom is 0.310 e. The van der Waals surface area contributed by atoms with Gasteiger partial charge in [-0.3, -0.25) is 14.5 Å². The molecule has 116 valence electrons. The lowest BCUT2D eigenvalue weighted by Crippen LogP contribution is -2.54. The Hall–Kier alpha value is -1.10. The summed E-state index contributed by atoms with van der Waals surface area (Å²) in [5.74, 6) is -0.861. The van der Waals surface area contributed by atoms with Crippen LogP contribution in [0.2, 0.25) is 0 Å². The van der Waals surface area contributed by atoms with E-state index in [1.54, 1.807) is 0 Å². The molecular weight excluding hydrogens is 256 g/mol. The normalized spacial score (nSPS) is 21.0. The molecule has 1 aliphatic heterocycles. The van der Waals surface area contributed by atoms with E-state index in [9.17, 15) is 14.7 Å². The zero-order valence-corrected chi connectivity index (χ0v) is 13.2. The van der Waals surface area contributed by atoms with Crippen molar-refractivity contribution in [3.05, 3.63) is 0 Å². The minimum absolute atomic E-state index is 0.0114. The summed E-state index contributed by atoms with van der Waals surface area (Å²) in [5, 5.41) is 9.43. The SMILES string of the molecule is CCC1CN(C(=O)CC(CC)(CC)C(=O)O)CCN1C. The Morgan fingerprint density at radius 3 is 2.25 bits per heavy atom. The molecule has 1 rings (SSSR count). The second-order valence-electron chi connectivity index (χ2n) is 5.85. The number of carbonyl (C=O) groups is 2. The minimum Gasteiger partial charge on any atom is -0.481 e. The quantitative estimate of drug-likeness (QED) is 0.808. The standard InChI is InChI=1S/C15H28N2O3/c1-5-12-11-17(9-8-16(12)4)13(18)10-15(6-2,7-3)14(19)20/h12H,5-11H2,1-4H3,(H,19,20). The number of likely N-dealkylation sites (N-methyl/N-ethyl adjacent to an activating group) is 1. The second-order valence-corrected chi connectivity index (χ2v) is 5.85. The molecule has 1 amide bonds. The Morgan fingerprint density at radius 1 is 1.20 bits per heavy atom. The number of carboxylic acids is 1. The van der Waals surface area contributed by atoms with Gasteiger partial charge in [0.2, 0.25) is 5.91 Å². The van der Waals surface area contributed by atoms with Gasteiger partial charge in [-0.2, -0.15) is 0 Å². The first-order valence-electron chi connectivity index (χ1n) is 7.61. The van der Waals surface area contributed by atoms with Crippen LogP contribution in [0.15, 0.2) is 0 Å². The first-order chi connectivity index (χ1) is 9.40. The highest BCUT2D eigenvalue weighted by Gasteiger charge is 2.39. The molecule has 1 saturated heterocycles. The van der Waals surface area contributed by atoms with Gasteiger partial charge in [0.25, 0.3) is 0 Å². The average Bonchev–Trinajstić information content (AvgIpc) is 2.44. The third-order valence-corrected chi connectivity index (χ3v) is 4.90. The fourth-order valence-electron chi connectivity index (χ4n) is 2.89. The Labute approximate surface area is 121 Å². The van der Waals surface area contributed by atoms with Crippen molar-refractivity contribution in [2.75, 3.05) is 26.7 Å². The Kier molecular flexibility index (Phi) is 5.99. The van der Waals surface area contributed by atoms with Gasteiger partial charge in [-0.15, -0.1) is 0 Å². The van der Waals surface area contributed by atoms with Crippen LogP contribution in [0, 0.1) is 5.41 Å². The van der Waals surface area contributed by atoms with E-state index in [0.717, 1.165) is 19.5 Å². The molecule has 0 aromatic heterocycles. The lowest BCUT2D eigenvalue weighted by Gasteiger charge is -2.40. The summed E-state index contributed by atoms with van der Waals surface area (Å²) in [7, 11) is 2.08. The zero-order chi connectivity index (χ0) is 15.3. The number of carboxylic acid groups (broad SMARTS) is 1. The van der Waals surface area contributed by atoms with Gasteiger partial charge in [-0.1, -0.05) is 20.8 Å². The molecule has 0 saturated carbocycles. The number of piperazine rings is 1. The number of rotatable bonds is 6. The lowest BCUT2D eigenvalue weighted by atomic mass is 9.79. The number of hydrogen-bond donors (Lipinski definition) is 1. The van der Waals surface area contributed by atoms with Crippen molar-refractivity contribution in [3.8, 4) is 0 Å². The van der Waals surface area contributed by atoms with E-state index in [1.807, 2.05) is 18.7 Å². The topological polar surface area (TPSA) is 60.9 Å². The van der Waals surface area contributed by atoms with Gasteiger partial charge in [0.15, 0.2) is 0 Å². The van der Waals surface area contributed by atoms with Crippen LogP contribution >= 0.6 is 0 Å². The molecule has 20 heavy (non-hydrogen) atoms. The van der Waals surface area contributed by atoms with Crippen molar-refractivity contribution < 1.29 is 14.7 Å². The Bertz CT molecular complexity index is 353. The van der Waals surface area contributed by atoms with Crippen LogP contribution in [0.25, 0.3) is 0 Å². The highest BCUT2D eigenvalue weighted by atomic mass is 16.4. The third-order valence-electron chi connectivity index (χ3n) is 4.90.